The normalized spacial score (nSPS) is 23.3. The van der Waals surface area contributed by atoms with Crippen molar-refractivity contribution in [3.05, 3.63) is 11.5 Å². The predicted molar refractivity (Wildman–Crippen MR) is 70.0 cm³/mol. The number of nitrogens with zero attached hydrogens (tertiary/aromatic N) is 1. The second-order valence-corrected chi connectivity index (χ2v) is 6.30. The molecule has 1 aromatic heterocycles. The van der Waals surface area contributed by atoms with Gasteiger partial charge in [0.1, 0.15) is 0 Å². The van der Waals surface area contributed by atoms with Gasteiger partial charge < -0.3 is 0 Å². The number of rotatable bonds is 1. The summed E-state index contributed by atoms with van der Waals surface area (Å²) in [5.74, 6) is 0. The maximum Gasteiger partial charge on any atom is 0.0573 e. The van der Waals surface area contributed by atoms with Crippen LogP contribution >= 0.6 is 8.35 Å². The van der Waals surface area contributed by atoms with Crippen molar-refractivity contribution in [1.82, 2.24) is 9.96 Å². The lowest BCUT2D eigenvalue weighted by Crippen LogP contribution is -2.20. The van der Waals surface area contributed by atoms with Gasteiger partial charge in [-0.2, -0.15) is 5.10 Å². The van der Waals surface area contributed by atoms with Crippen LogP contribution in [0.4, 0.5) is 0 Å². The summed E-state index contributed by atoms with van der Waals surface area (Å²) in [4.78, 5) is 3.06. The number of aromatic nitrogens is 2. The lowest BCUT2D eigenvalue weighted by atomic mass is 9.78. The topological polar surface area (TPSA) is 28.7 Å². The predicted octanol–water partition coefficient (Wildman–Crippen LogP) is 4.77. The maximum atomic E-state index is 4.16. The molecule has 0 radical (unpaired) electrons. The molecular weight excluding hydrogens is 215 g/mol. The smallest absolute Gasteiger partial charge is 0.0573 e. The van der Waals surface area contributed by atoms with Crippen molar-refractivity contribution in [2.24, 2.45) is 0 Å². The number of hydrogen-bond donors (Lipinski definition) is 1. The third kappa shape index (κ3) is 3.07. The number of H-pyrrole nitrogens is 1. The Kier molecular flexibility index (Phi) is 4.40. The molecule has 0 atom stereocenters. The summed E-state index contributed by atoms with van der Waals surface area (Å²) in [6.07, 6.45) is 14.7. The van der Waals surface area contributed by atoms with Crippen LogP contribution in [0.25, 0.3) is 0 Å². The second kappa shape index (κ2) is 5.82. The fraction of sp³-hybridized carbons (Fsp3) is 0.846. The molecule has 3 heteroatoms. The molecule has 16 heavy (non-hydrogen) atoms. The van der Waals surface area contributed by atoms with E-state index in [0.717, 1.165) is 0 Å². The van der Waals surface area contributed by atoms with Gasteiger partial charge in [-0.05, 0) is 18.3 Å². The molecular formula is C13H23N2P. The van der Waals surface area contributed by atoms with Crippen LogP contribution in [0.1, 0.15) is 70.0 Å². The Balaban J connectivity index is 2.03. The zero-order chi connectivity index (χ0) is 11.3. The highest BCUT2D eigenvalue weighted by atomic mass is 31.0. The van der Waals surface area contributed by atoms with Crippen LogP contribution in [0.15, 0.2) is 6.20 Å². The van der Waals surface area contributed by atoms with Crippen LogP contribution in [0, 0.1) is 0 Å². The summed E-state index contributed by atoms with van der Waals surface area (Å²) < 4.78 is 0. The monoisotopic (exact) mass is 238 g/mol. The second-order valence-electron chi connectivity index (χ2n) is 5.39. The summed E-state index contributed by atoms with van der Waals surface area (Å²) in [5, 5.41) is 5.66. The first-order valence-electron chi connectivity index (χ1n) is 6.67. The van der Waals surface area contributed by atoms with Gasteiger partial charge in [-0.1, -0.05) is 51.9 Å². The molecule has 1 fully saturated rings. The van der Waals surface area contributed by atoms with E-state index in [4.69, 9.17) is 0 Å². The Labute approximate surface area is 100 Å². The van der Waals surface area contributed by atoms with E-state index in [9.17, 15) is 0 Å². The molecule has 0 bridgehead atoms. The molecule has 2 nitrogen and oxygen atoms in total. The van der Waals surface area contributed by atoms with E-state index in [0.29, 0.717) is 5.41 Å². The van der Waals surface area contributed by atoms with Crippen LogP contribution in [-0.2, 0) is 5.41 Å². The zero-order valence-corrected chi connectivity index (χ0v) is 11.2. The summed E-state index contributed by atoms with van der Waals surface area (Å²) in [7, 11) is 1.23. The molecule has 2 rings (SSSR count). The van der Waals surface area contributed by atoms with E-state index in [-0.39, 0.29) is 0 Å². The van der Waals surface area contributed by atoms with Gasteiger partial charge in [0.2, 0.25) is 0 Å². The van der Waals surface area contributed by atoms with Gasteiger partial charge in [-0.15, -0.1) is 0 Å². The highest BCUT2D eigenvalue weighted by molar-refractivity contribution is 7.26. The minimum atomic E-state index is 0.409. The van der Waals surface area contributed by atoms with Gasteiger partial charge in [0.15, 0.2) is 0 Å². The van der Waals surface area contributed by atoms with Crippen molar-refractivity contribution in [1.29, 1.82) is 0 Å². The molecule has 1 aliphatic carbocycles. The summed E-state index contributed by atoms with van der Waals surface area (Å²) in [5.41, 5.74) is 0.409. The molecule has 1 aliphatic rings. The minimum absolute atomic E-state index is 0.409. The van der Waals surface area contributed by atoms with Gasteiger partial charge in [0.05, 0.1) is 6.20 Å². The Morgan fingerprint density at radius 1 is 1.06 bits per heavy atom. The first-order valence-corrected chi connectivity index (χ1v) is 7.57. The Bertz CT molecular complexity index is 285. The summed E-state index contributed by atoms with van der Waals surface area (Å²) in [6.45, 7) is 2.44. The zero-order valence-electron chi connectivity index (χ0n) is 10.3. The van der Waals surface area contributed by atoms with Crippen LogP contribution in [0.3, 0.4) is 0 Å². The van der Waals surface area contributed by atoms with Crippen LogP contribution in [0.5, 0.6) is 0 Å². The van der Waals surface area contributed by atoms with Crippen molar-refractivity contribution < 1.29 is 0 Å². The lowest BCUT2D eigenvalue weighted by molar-refractivity contribution is 0.356. The van der Waals surface area contributed by atoms with Crippen molar-refractivity contribution >= 4 is 8.35 Å². The first kappa shape index (κ1) is 12.1. The maximum absolute atomic E-state index is 4.16. The van der Waals surface area contributed by atoms with E-state index < -0.39 is 0 Å². The fourth-order valence-corrected chi connectivity index (χ4v) is 3.62. The van der Waals surface area contributed by atoms with Gasteiger partial charge in [0, 0.05) is 13.6 Å². The van der Waals surface area contributed by atoms with Crippen LogP contribution < -0.4 is 0 Å². The molecule has 0 spiro atoms. The first-order chi connectivity index (χ1) is 7.81. The van der Waals surface area contributed by atoms with Gasteiger partial charge in [-0.25, -0.2) is 0 Å². The molecule has 1 aromatic rings. The highest BCUT2D eigenvalue weighted by Crippen LogP contribution is 2.38. The highest BCUT2D eigenvalue weighted by Gasteiger charge is 2.27. The number of aromatic amines is 1. The Hall–Kier alpha value is -0.360. The van der Waals surface area contributed by atoms with Crippen molar-refractivity contribution in [2.75, 3.05) is 0 Å². The summed E-state index contributed by atoms with van der Waals surface area (Å²) in [6, 6.07) is 0. The van der Waals surface area contributed by atoms with Gasteiger partial charge in [-0.3, -0.25) is 4.86 Å². The quantitative estimate of drug-likeness (QED) is 0.750. The van der Waals surface area contributed by atoms with Gasteiger partial charge in [0.25, 0.3) is 0 Å². The molecule has 1 saturated carbocycles. The molecule has 0 amide bonds. The standard InChI is InChI=1S/C13H23N2P/c1-13(12-11-14-15-16-12)9-7-5-3-2-4-6-8-10-13/h11H,2-10H2,1H3,(H,14,15). The number of nitrogens with one attached hydrogen (secondary N) is 1. The van der Waals surface area contributed by atoms with Gasteiger partial charge >= 0.3 is 0 Å². The van der Waals surface area contributed by atoms with Crippen molar-refractivity contribution in [3.8, 4) is 0 Å². The average molecular weight is 238 g/mol. The molecule has 90 valence electrons. The van der Waals surface area contributed by atoms with E-state index in [1.54, 1.807) is 0 Å². The van der Waals surface area contributed by atoms with E-state index in [2.05, 4.69) is 23.1 Å². The molecule has 0 aliphatic heterocycles. The fourth-order valence-electron chi connectivity index (χ4n) is 2.79. The third-order valence-electron chi connectivity index (χ3n) is 3.99. The summed E-state index contributed by atoms with van der Waals surface area (Å²) >= 11 is 0. The van der Waals surface area contributed by atoms with Crippen molar-refractivity contribution in [2.45, 2.75) is 70.1 Å². The van der Waals surface area contributed by atoms with Crippen molar-refractivity contribution in [3.63, 3.8) is 0 Å². The average Bonchev–Trinajstić information content (AvgIpc) is 2.81. The molecule has 1 heterocycles. The molecule has 0 aromatic carbocycles. The molecule has 0 saturated heterocycles. The molecule has 1 N–H and O–H groups in total. The van der Waals surface area contributed by atoms with E-state index in [1.807, 2.05) is 0 Å². The Morgan fingerprint density at radius 2 is 1.62 bits per heavy atom. The lowest BCUT2D eigenvalue weighted by Gasteiger charge is -2.29. The van der Waals surface area contributed by atoms with Crippen LogP contribution in [-0.4, -0.2) is 9.96 Å². The van der Waals surface area contributed by atoms with E-state index >= 15 is 0 Å². The van der Waals surface area contributed by atoms with E-state index in [1.165, 1.54) is 71.4 Å². The Morgan fingerprint density at radius 3 is 2.12 bits per heavy atom. The van der Waals surface area contributed by atoms with Crippen LogP contribution in [0.2, 0.25) is 0 Å². The third-order valence-corrected chi connectivity index (χ3v) is 5.10. The molecule has 0 unspecified atom stereocenters. The number of hydrogen-bond acceptors (Lipinski definition) is 1. The minimum Gasteiger partial charge on any atom is -0.260 e. The largest absolute Gasteiger partial charge is 0.260 e. The SMILES string of the molecule is CC1(c2cn[nH]p2)CCCCCCCCC1.